The van der Waals surface area contributed by atoms with Crippen LogP contribution in [0.5, 0.6) is 0 Å². The first kappa shape index (κ1) is 22.8. The van der Waals surface area contributed by atoms with Gasteiger partial charge >= 0.3 is 5.97 Å². The van der Waals surface area contributed by atoms with E-state index in [1.54, 1.807) is 6.07 Å². The molecule has 6 nitrogen and oxygen atoms in total. The molecule has 1 aliphatic carbocycles. The van der Waals surface area contributed by atoms with Crippen LogP contribution in [0.1, 0.15) is 50.4 Å². The van der Waals surface area contributed by atoms with Crippen LogP contribution in [0.2, 0.25) is 0 Å². The van der Waals surface area contributed by atoms with Crippen molar-refractivity contribution in [3.63, 3.8) is 0 Å². The van der Waals surface area contributed by atoms with E-state index in [1.807, 2.05) is 59.5 Å². The molecule has 0 spiro atoms. The summed E-state index contributed by atoms with van der Waals surface area (Å²) in [6, 6.07) is 19.0. The standard InChI is InChI=1S/C30H30N2O4/c1-29(2)18-30(3)14-15-32(24(29)16-30)25(33)17-35-28(34)21-11-7-9-19-8-6-10-20(26(19)21)27-31-22-12-4-5-13-23(22)36-27/h4-13,24H,14-18H2,1-3H3. The molecular weight excluding hydrogens is 452 g/mol. The third-order valence-electron chi connectivity index (χ3n) is 8.10. The predicted octanol–water partition coefficient (Wildman–Crippen LogP) is 6.23. The molecule has 184 valence electrons. The van der Waals surface area contributed by atoms with Gasteiger partial charge in [-0.25, -0.2) is 9.78 Å². The van der Waals surface area contributed by atoms with Gasteiger partial charge in [0.2, 0.25) is 5.89 Å². The minimum atomic E-state index is -0.523. The molecule has 1 aliphatic heterocycles. The van der Waals surface area contributed by atoms with E-state index in [-0.39, 0.29) is 24.0 Å². The van der Waals surface area contributed by atoms with Crippen molar-refractivity contribution in [3.05, 3.63) is 66.2 Å². The second kappa shape index (κ2) is 8.19. The number of nitrogens with zero attached hydrogens (tertiary/aromatic N) is 2. The van der Waals surface area contributed by atoms with Crippen LogP contribution in [0, 0.1) is 10.8 Å². The lowest BCUT2D eigenvalue weighted by atomic mass is 9.81. The number of aromatic nitrogens is 1. The smallest absolute Gasteiger partial charge is 0.339 e. The lowest BCUT2D eigenvalue weighted by Crippen LogP contribution is -2.49. The summed E-state index contributed by atoms with van der Waals surface area (Å²) in [5.74, 6) is -0.201. The molecule has 6 rings (SSSR count). The summed E-state index contributed by atoms with van der Waals surface area (Å²) < 4.78 is 11.6. The number of likely N-dealkylation sites (tertiary alicyclic amines) is 1. The van der Waals surface area contributed by atoms with Gasteiger partial charge < -0.3 is 14.1 Å². The maximum Gasteiger partial charge on any atom is 0.339 e. The Morgan fingerprint density at radius 2 is 1.83 bits per heavy atom. The van der Waals surface area contributed by atoms with Gasteiger partial charge in [-0.15, -0.1) is 0 Å². The SMILES string of the molecule is CC12CCN(C(=O)COC(=O)c3cccc4cccc(-c5nc6ccccc6o5)c34)C(C1)C(C)(C)C2. The Labute approximate surface area is 210 Å². The first-order valence-electron chi connectivity index (χ1n) is 12.6. The number of esters is 1. The van der Waals surface area contributed by atoms with E-state index in [2.05, 4.69) is 25.8 Å². The summed E-state index contributed by atoms with van der Waals surface area (Å²) in [6.07, 6.45) is 3.11. The van der Waals surface area contributed by atoms with Gasteiger partial charge in [0.05, 0.1) is 5.56 Å². The molecule has 2 unspecified atom stereocenters. The van der Waals surface area contributed by atoms with E-state index in [0.717, 1.165) is 36.7 Å². The number of oxazole rings is 1. The number of carbonyl (C=O) groups is 2. The lowest BCUT2D eigenvalue weighted by Gasteiger charge is -2.40. The Kier molecular flexibility index (Phi) is 5.18. The number of para-hydroxylation sites is 2. The second-order valence-corrected chi connectivity index (χ2v) is 11.3. The Morgan fingerprint density at radius 3 is 2.64 bits per heavy atom. The quantitative estimate of drug-likeness (QED) is 0.322. The minimum Gasteiger partial charge on any atom is -0.452 e. The molecule has 1 saturated heterocycles. The topological polar surface area (TPSA) is 72.6 Å². The van der Waals surface area contributed by atoms with Crippen LogP contribution in [-0.4, -0.2) is 41.0 Å². The lowest BCUT2D eigenvalue weighted by molar-refractivity contribution is -0.140. The Balaban J connectivity index is 1.27. The molecule has 2 heterocycles. The van der Waals surface area contributed by atoms with Gasteiger partial charge in [-0.2, -0.15) is 0 Å². The Bertz CT molecular complexity index is 1470. The number of piperidine rings is 1. The fourth-order valence-electron chi connectivity index (χ4n) is 6.56. The summed E-state index contributed by atoms with van der Waals surface area (Å²) in [4.78, 5) is 33.1. The van der Waals surface area contributed by atoms with Crippen LogP contribution < -0.4 is 0 Å². The van der Waals surface area contributed by atoms with E-state index < -0.39 is 5.97 Å². The summed E-state index contributed by atoms with van der Waals surface area (Å²) in [5.41, 5.74) is 2.90. The second-order valence-electron chi connectivity index (χ2n) is 11.3. The number of hydrogen-bond donors (Lipinski definition) is 0. The number of fused-ring (bicyclic) bond motifs is 4. The van der Waals surface area contributed by atoms with Gasteiger partial charge in [-0.3, -0.25) is 4.79 Å². The molecule has 1 amide bonds. The molecule has 1 saturated carbocycles. The molecule has 2 fully saturated rings. The highest BCUT2D eigenvalue weighted by Gasteiger charge is 2.53. The normalized spacial score (nSPS) is 22.8. The van der Waals surface area contributed by atoms with E-state index in [1.165, 1.54) is 0 Å². The van der Waals surface area contributed by atoms with Crippen molar-refractivity contribution in [2.24, 2.45) is 10.8 Å². The van der Waals surface area contributed by atoms with Gasteiger partial charge in [-0.05, 0) is 59.7 Å². The van der Waals surface area contributed by atoms with Crippen LogP contribution >= 0.6 is 0 Å². The molecule has 2 aliphatic rings. The summed E-state index contributed by atoms with van der Waals surface area (Å²) in [5, 5.41) is 1.58. The molecule has 3 aromatic carbocycles. The monoisotopic (exact) mass is 482 g/mol. The van der Waals surface area contributed by atoms with E-state index >= 15 is 0 Å². The van der Waals surface area contributed by atoms with Crippen molar-refractivity contribution in [1.82, 2.24) is 9.88 Å². The minimum absolute atomic E-state index is 0.0645. The number of ether oxygens (including phenoxy) is 1. The highest BCUT2D eigenvalue weighted by atomic mass is 16.5. The van der Waals surface area contributed by atoms with Crippen LogP contribution in [-0.2, 0) is 9.53 Å². The number of amides is 1. The van der Waals surface area contributed by atoms with Crippen LogP contribution in [0.25, 0.3) is 33.3 Å². The zero-order valence-corrected chi connectivity index (χ0v) is 20.9. The van der Waals surface area contributed by atoms with Crippen molar-refractivity contribution in [2.45, 2.75) is 46.1 Å². The summed E-state index contributed by atoms with van der Waals surface area (Å²) >= 11 is 0. The van der Waals surface area contributed by atoms with Gasteiger partial charge in [0.1, 0.15) is 5.52 Å². The van der Waals surface area contributed by atoms with Gasteiger partial charge in [0.15, 0.2) is 12.2 Å². The zero-order valence-electron chi connectivity index (χ0n) is 20.9. The van der Waals surface area contributed by atoms with Gasteiger partial charge in [-0.1, -0.05) is 57.2 Å². The van der Waals surface area contributed by atoms with E-state index in [4.69, 9.17) is 9.15 Å². The number of rotatable bonds is 4. The molecule has 1 aromatic heterocycles. The van der Waals surface area contributed by atoms with Crippen molar-refractivity contribution in [3.8, 4) is 11.5 Å². The molecule has 0 N–H and O–H groups in total. The van der Waals surface area contributed by atoms with Crippen molar-refractivity contribution < 1.29 is 18.7 Å². The Hall–Kier alpha value is -3.67. The van der Waals surface area contributed by atoms with E-state index in [9.17, 15) is 9.59 Å². The molecule has 4 aromatic rings. The fourth-order valence-corrected chi connectivity index (χ4v) is 6.56. The van der Waals surface area contributed by atoms with Crippen molar-refractivity contribution in [2.75, 3.05) is 13.2 Å². The fraction of sp³-hybridized carbons (Fsp3) is 0.367. The van der Waals surface area contributed by atoms with Crippen molar-refractivity contribution >= 4 is 33.7 Å². The summed E-state index contributed by atoms with van der Waals surface area (Å²) in [6.45, 7) is 7.26. The highest BCUT2D eigenvalue weighted by Crippen LogP contribution is 2.55. The molecule has 36 heavy (non-hydrogen) atoms. The Morgan fingerprint density at radius 1 is 1.06 bits per heavy atom. The summed E-state index contributed by atoms with van der Waals surface area (Å²) in [7, 11) is 0. The number of hydrogen-bond acceptors (Lipinski definition) is 5. The third kappa shape index (κ3) is 3.76. The molecule has 6 heteroatoms. The van der Waals surface area contributed by atoms with Gasteiger partial charge in [0, 0.05) is 23.5 Å². The molecular formula is C30H30N2O4. The van der Waals surface area contributed by atoms with Gasteiger partial charge in [0.25, 0.3) is 5.91 Å². The molecule has 2 atom stereocenters. The average Bonchev–Trinajstić information content (AvgIpc) is 3.37. The first-order valence-corrected chi connectivity index (χ1v) is 12.6. The van der Waals surface area contributed by atoms with Crippen LogP contribution in [0.3, 0.4) is 0 Å². The third-order valence-corrected chi connectivity index (χ3v) is 8.10. The van der Waals surface area contributed by atoms with E-state index in [0.29, 0.717) is 33.4 Å². The predicted molar refractivity (Wildman–Crippen MR) is 138 cm³/mol. The van der Waals surface area contributed by atoms with Crippen molar-refractivity contribution in [1.29, 1.82) is 0 Å². The van der Waals surface area contributed by atoms with Crippen LogP contribution in [0.4, 0.5) is 0 Å². The number of carbonyl (C=O) groups excluding carboxylic acids is 2. The number of benzene rings is 3. The molecule has 2 bridgehead atoms. The first-order chi connectivity index (χ1) is 17.2. The zero-order chi connectivity index (χ0) is 25.1. The largest absolute Gasteiger partial charge is 0.452 e. The van der Waals surface area contributed by atoms with Crippen LogP contribution in [0.15, 0.2) is 65.1 Å². The maximum absolute atomic E-state index is 13.3. The maximum atomic E-state index is 13.3. The molecule has 0 radical (unpaired) electrons. The average molecular weight is 483 g/mol. The highest BCUT2D eigenvalue weighted by molar-refractivity contribution is 6.10.